The highest BCUT2D eigenvalue weighted by atomic mass is 32.2. The van der Waals surface area contributed by atoms with Gasteiger partial charge in [0.2, 0.25) is 5.91 Å². The molecule has 2 N–H and O–H groups in total. The number of carbonyl (C=O) groups excluding carboxylic acids is 1. The standard InChI is InChI=1S/C19H22N2O3S.C7H13NO/c1-12-3-4-15(9-13(12)2)21-25(22,23)16-5-6-18-17(10-16)19-14(11-20-18)7-8-24-19;1-7(9)8-5-3-2-4-6-8/h3-6,9-10,14,19-21H,7-8,11H2,1-2H3;2-6H2,1H3/t14-,19?;/m0./s1. The molecule has 0 spiro atoms. The van der Waals surface area contributed by atoms with Gasteiger partial charge < -0.3 is 15.0 Å². The van der Waals surface area contributed by atoms with Crippen molar-refractivity contribution in [2.24, 2.45) is 5.92 Å². The van der Waals surface area contributed by atoms with Gasteiger partial charge in [-0.3, -0.25) is 9.52 Å². The van der Waals surface area contributed by atoms with Crippen LogP contribution in [0.25, 0.3) is 0 Å². The van der Waals surface area contributed by atoms with Crippen molar-refractivity contribution in [1.29, 1.82) is 0 Å². The van der Waals surface area contributed by atoms with E-state index in [1.165, 1.54) is 19.3 Å². The maximum atomic E-state index is 12.8. The number of anilines is 2. The van der Waals surface area contributed by atoms with E-state index >= 15 is 0 Å². The summed E-state index contributed by atoms with van der Waals surface area (Å²) in [6, 6.07) is 10.8. The zero-order chi connectivity index (χ0) is 24.3. The van der Waals surface area contributed by atoms with Gasteiger partial charge in [0.15, 0.2) is 0 Å². The summed E-state index contributed by atoms with van der Waals surface area (Å²) >= 11 is 0. The lowest BCUT2D eigenvalue weighted by atomic mass is 9.91. The van der Waals surface area contributed by atoms with Crippen LogP contribution < -0.4 is 10.0 Å². The monoisotopic (exact) mass is 485 g/mol. The number of piperidine rings is 1. The fraction of sp³-hybridized carbons (Fsp3) is 0.500. The highest BCUT2D eigenvalue weighted by Gasteiger charge is 2.35. The Balaban J connectivity index is 0.000000257. The third kappa shape index (κ3) is 5.55. The van der Waals surface area contributed by atoms with Crippen molar-refractivity contribution in [3.63, 3.8) is 0 Å². The molecule has 1 amide bonds. The summed E-state index contributed by atoms with van der Waals surface area (Å²) in [5.74, 6) is 0.646. The number of carbonyl (C=O) groups is 1. The minimum Gasteiger partial charge on any atom is -0.384 e. The zero-order valence-electron chi connectivity index (χ0n) is 20.3. The van der Waals surface area contributed by atoms with Crippen molar-refractivity contribution in [3.05, 3.63) is 53.1 Å². The van der Waals surface area contributed by atoms with Crippen LogP contribution in [0.2, 0.25) is 0 Å². The van der Waals surface area contributed by atoms with Gasteiger partial charge in [-0.15, -0.1) is 0 Å². The summed E-state index contributed by atoms with van der Waals surface area (Å²) in [7, 11) is -3.64. The molecule has 2 atom stereocenters. The molecule has 3 aliphatic rings. The van der Waals surface area contributed by atoms with Crippen molar-refractivity contribution in [2.45, 2.75) is 57.5 Å². The van der Waals surface area contributed by atoms with E-state index in [0.717, 1.165) is 55.0 Å². The molecule has 5 rings (SSSR count). The second-order valence-corrected chi connectivity index (χ2v) is 11.1. The number of likely N-dealkylation sites (tertiary alicyclic amines) is 1. The number of hydrogen-bond acceptors (Lipinski definition) is 5. The summed E-state index contributed by atoms with van der Waals surface area (Å²) in [5.41, 5.74) is 4.67. The molecule has 3 heterocycles. The van der Waals surface area contributed by atoms with Gasteiger partial charge in [-0.25, -0.2) is 8.42 Å². The van der Waals surface area contributed by atoms with Crippen molar-refractivity contribution in [1.82, 2.24) is 4.90 Å². The summed E-state index contributed by atoms with van der Waals surface area (Å²) in [6.45, 7) is 9.19. The first kappa shape index (κ1) is 24.5. The lowest BCUT2D eigenvalue weighted by Crippen LogP contribution is -2.33. The maximum absolute atomic E-state index is 12.8. The molecule has 7 nitrogen and oxygen atoms in total. The number of aryl methyl sites for hydroxylation is 2. The van der Waals surface area contributed by atoms with Gasteiger partial charge in [-0.05, 0) is 81.0 Å². The highest BCUT2D eigenvalue weighted by Crippen LogP contribution is 2.42. The van der Waals surface area contributed by atoms with Crippen LogP contribution >= 0.6 is 0 Å². The van der Waals surface area contributed by atoms with Gasteiger partial charge in [-0.2, -0.15) is 0 Å². The number of nitrogens with zero attached hydrogens (tertiary/aromatic N) is 1. The molecular formula is C26H35N3O4S. The fourth-order valence-corrected chi connectivity index (χ4v) is 5.84. The van der Waals surface area contributed by atoms with E-state index in [1.54, 1.807) is 25.1 Å². The van der Waals surface area contributed by atoms with Crippen molar-refractivity contribution in [3.8, 4) is 0 Å². The average Bonchev–Trinajstić information content (AvgIpc) is 3.31. The Hall–Kier alpha value is -2.58. The molecule has 0 saturated carbocycles. The van der Waals surface area contributed by atoms with E-state index in [9.17, 15) is 13.2 Å². The number of amides is 1. The molecule has 3 aliphatic heterocycles. The first-order chi connectivity index (χ1) is 16.2. The molecule has 8 heteroatoms. The Bertz CT molecular complexity index is 1140. The molecule has 2 saturated heterocycles. The number of nitrogens with one attached hydrogen (secondary N) is 2. The van der Waals surface area contributed by atoms with Crippen LogP contribution in [0.15, 0.2) is 41.3 Å². The van der Waals surface area contributed by atoms with Gasteiger partial charge in [0, 0.05) is 56.0 Å². The number of benzene rings is 2. The maximum Gasteiger partial charge on any atom is 0.261 e. The Morgan fingerprint density at radius 2 is 1.82 bits per heavy atom. The second-order valence-electron chi connectivity index (χ2n) is 9.44. The van der Waals surface area contributed by atoms with E-state index in [0.29, 0.717) is 11.6 Å². The highest BCUT2D eigenvalue weighted by molar-refractivity contribution is 7.92. The van der Waals surface area contributed by atoms with Gasteiger partial charge >= 0.3 is 0 Å². The van der Waals surface area contributed by atoms with E-state index in [1.807, 2.05) is 36.9 Å². The molecule has 1 unspecified atom stereocenters. The Labute approximate surface area is 202 Å². The first-order valence-corrected chi connectivity index (χ1v) is 13.6. The van der Waals surface area contributed by atoms with E-state index in [4.69, 9.17) is 4.74 Å². The van der Waals surface area contributed by atoms with Crippen LogP contribution in [0.5, 0.6) is 0 Å². The largest absolute Gasteiger partial charge is 0.384 e. The van der Waals surface area contributed by atoms with E-state index < -0.39 is 10.0 Å². The molecule has 184 valence electrons. The number of fused-ring (bicyclic) bond motifs is 3. The van der Waals surface area contributed by atoms with E-state index in [2.05, 4.69) is 10.0 Å². The predicted molar refractivity (Wildman–Crippen MR) is 135 cm³/mol. The van der Waals surface area contributed by atoms with Crippen LogP contribution in [0.3, 0.4) is 0 Å². The molecule has 0 radical (unpaired) electrons. The molecule has 0 aliphatic carbocycles. The number of sulfonamides is 1. The molecular weight excluding hydrogens is 450 g/mol. The lowest BCUT2D eigenvalue weighted by molar-refractivity contribution is -0.129. The number of rotatable bonds is 3. The van der Waals surface area contributed by atoms with Crippen molar-refractivity contribution >= 4 is 27.3 Å². The topological polar surface area (TPSA) is 87.7 Å². The SMILES string of the molecule is CC(=O)N1CCCCC1.Cc1ccc(NS(=O)(=O)c2ccc3c(c2)C2OCC[C@H]2CN3)cc1C. The minimum absolute atomic E-state index is 0.00646. The van der Waals surface area contributed by atoms with Crippen LogP contribution in [0.1, 0.15) is 55.4 Å². The normalized spacial score (nSPS) is 21.4. The fourth-order valence-electron chi connectivity index (χ4n) is 4.76. The predicted octanol–water partition coefficient (Wildman–Crippen LogP) is 4.63. The van der Waals surface area contributed by atoms with Gasteiger partial charge in [-0.1, -0.05) is 6.07 Å². The second kappa shape index (κ2) is 10.4. The summed E-state index contributed by atoms with van der Waals surface area (Å²) < 4.78 is 34.1. The summed E-state index contributed by atoms with van der Waals surface area (Å²) in [5, 5.41) is 3.38. The Kier molecular flexibility index (Phi) is 7.48. The quantitative estimate of drug-likeness (QED) is 0.662. The van der Waals surface area contributed by atoms with Crippen LogP contribution in [-0.4, -0.2) is 45.5 Å². The summed E-state index contributed by atoms with van der Waals surface area (Å²) in [4.78, 5) is 12.9. The molecule has 0 aromatic heterocycles. The molecule has 2 aromatic rings. The molecule has 0 bridgehead atoms. The first-order valence-electron chi connectivity index (χ1n) is 12.1. The number of ether oxygens (including phenoxy) is 1. The number of hydrogen-bond donors (Lipinski definition) is 2. The minimum atomic E-state index is -3.64. The lowest BCUT2D eigenvalue weighted by Gasteiger charge is -2.28. The molecule has 2 fully saturated rings. The smallest absolute Gasteiger partial charge is 0.261 e. The average molecular weight is 486 g/mol. The van der Waals surface area contributed by atoms with Crippen molar-refractivity contribution in [2.75, 3.05) is 36.3 Å². The third-order valence-corrected chi connectivity index (χ3v) is 8.35. The Morgan fingerprint density at radius 1 is 1.06 bits per heavy atom. The summed E-state index contributed by atoms with van der Waals surface area (Å²) in [6.07, 6.45) is 4.69. The molecule has 34 heavy (non-hydrogen) atoms. The Morgan fingerprint density at radius 3 is 2.50 bits per heavy atom. The van der Waals surface area contributed by atoms with Gasteiger partial charge in [0.05, 0.1) is 11.0 Å². The van der Waals surface area contributed by atoms with Gasteiger partial charge in [0.1, 0.15) is 0 Å². The zero-order valence-corrected chi connectivity index (χ0v) is 21.1. The van der Waals surface area contributed by atoms with Crippen LogP contribution in [0.4, 0.5) is 11.4 Å². The van der Waals surface area contributed by atoms with Gasteiger partial charge in [0.25, 0.3) is 10.0 Å². The van der Waals surface area contributed by atoms with Crippen LogP contribution in [-0.2, 0) is 19.6 Å². The van der Waals surface area contributed by atoms with Crippen molar-refractivity contribution < 1.29 is 17.9 Å². The third-order valence-electron chi connectivity index (χ3n) is 6.97. The van der Waals surface area contributed by atoms with E-state index in [-0.39, 0.29) is 16.9 Å². The molecule has 2 aromatic carbocycles. The van der Waals surface area contributed by atoms with Crippen LogP contribution in [0, 0.1) is 19.8 Å².